The SMILES string of the molecule is CC(NC1CC(=O)N(C)C1=O)c1cscn1. The lowest BCUT2D eigenvalue weighted by atomic mass is 10.2. The fourth-order valence-electron chi connectivity index (χ4n) is 1.71. The van der Waals surface area contributed by atoms with Gasteiger partial charge in [0, 0.05) is 18.5 Å². The van der Waals surface area contributed by atoms with Crippen molar-refractivity contribution >= 4 is 23.2 Å². The van der Waals surface area contributed by atoms with Gasteiger partial charge in [0.1, 0.15) is 0 Å². The van der Waals surface area contributed by atoms with Crippen LogP contribution in [0.3, 0.4) is 0 Å². The molecule has 5 nitrogen and oxygen atoms in total. The van der Waals surface area contributed by atoms with E-state index < -0.39 is 6.04 Å². The van der Waals surface area contributed by atoms with Crippen LogP contribution in [0.4, 0.5) is 0 Å². The van der Waals surface area contributed by atoms with E-state index in [1.165, 1.54) is 23.3 Å². The maximum absolute atomic E-state index is 11.6. The van der Waals surface area contributed by atoms with Crippen molar-refractivity contribution in [1.82, 2.24) is 15.2 Å². The van der Waals surface area contributed by atoms with Crippen molar-refractivity contribution in [3.05, 3.63) is 16.6 Å². The van der Waals surface area contributed by atoms with Gasteiger partial charge in [-0.15, -0.1) is 11.3 Å². The van der Waals surface area contributed by atoms with Gasteiger partial charge >= 0.3 is 0 Å². The van der Waals surface area contributed by atoms with Crippen molar-refractivity contribution in [3.8, 4) is 0 Å². The van der Waals surface area contributed by atoms with Gasteiger partial charge in [0.2, 0.25) is 11.8 Å². The molecule has 16 heavy (non-hydrogen) atoms. The summed E-state index contributed by atoms with van der Waals surface area (Å²) >= 11 is 1.51. The second kappa shape index (κ2) is 4.31. The average molecular weight is 239 g/mol. The highest BCUT2D eigenvalue weighted by Crippen LogP contribution is 2.17. The van der Waals surface area contributed by atoms with E-state index in [4.69, 9.17) is 0 Å². The quantitative estimate of drug-likeness (QED) is 0.782. The van der Waals surface area contributed by atoms with E-state index in [1.54, 1.807) is 5.51 Å². The molecule has 0 radical (unpaired) electrons. The van der Waals surface area contributed by atoms with Crippen molar-refractivity contribution in [2.24, 2.45) is 0 Å². The molecule has 2 atom stereocenters. The van der Waals surface area contributed by atoms with E-state index in [9.17, 15) is 9.59 Å². The van der Waals surface area contributed by atoms with Crippen LogP contribution in [0.25, 0.3) is 0 Å². The Bertz CT molecular complexity index is 404. The van der Waals surface area contributed by atoms with Gasteiger partial charge in [-0.1, -0.05) is 0 Å². The molecule has 0 bridgehead atoms. The van der Waals surface area contributed by atoms with Crippen LogP contribution in [0.5, 0.6) is 0 Å². The lowest BCUT2D eigenvalue weighted by molar-refractivity contribution is -0.137. The highest BCUT2D eigenvalue weighted by Gasteiger charge is 2.36. The van der Waals surface area contributed by atoms with Crippen LogP contribution < -0.4 is 5.32 Å². The fraction of sp³-hybridized carbons (Fsp3) is 0.500. The molecule has 1 saturated heterocycles. The van der Waals surface area contributed by atoms with E-state index in [2.05, 4.69) is 10.3 Å². The second-order valence-electron chi connectivity index (χ2n) is 3.85. The Labute approximate surface area is 97.5 Å². The number of amides is 2. The highest BCUT2D eigenvalue weighted by atomic mass is 32.1. The first-order chi connectivity index (χ1) is 7.59. The third kappa shape index (κ3) is 1.98. The molecule has 2 rings (SSSR count). The molecular formula is C10H13N3O2S. The molecule has 0 saturated carbocycles. The summed E-state index contributed by atoms with van der Waals surface area (Å²) in [5.41, 5.74) is 2.65. The molecular weight excluding hydrogens is 226 g/mol. The lowest BCUT2D eigenvalue weighted by Gasteiger charge is -2.15. The van der Waals surface area contributed by atoms with E-state index in [0.29, 0.717) is 0 Å². The summed E-state index contributed by atoms with van der Waals surface area (Å²) in [6, 6.07) is -0.423. The van der Waals surface area contributed by atoms with Gasteiger partial charge < -0.3 is 0 Å². The maximum atomic E-state index is 11.6. The zero-order chi connectivity index (χ0) is 11.7. The normalized spacial score (nSPS) is 22.9. The van der Waals surface area contributed by atoms with Crippen molar-refractivity contribution in [3.63, 3.8) is 0 Å². The Balaban J connectivity index is 2.01. The van der Waals surface area contributed by atoms with E-state index in [1.807, 2.05) is 12.3 Å². The maximum Gasteiger partial charge on any atom is 0.246 e. The molecule has 1 N–H and O–H groups in total. The molecule has 2 unspecified atom stereocenters. The number of carbonyl (C=O) groups excluding carboxylic acids is 2. The number of aromatic nitrogens is 1. The van der Waals surface area contributed by atoms with Crippen LogP contribution in [0.1, 0.15) is 25.1 Å². The zero-order valence-corrected chi connectivity index (χ0v) is 9.95. The Morgan fingerprint density at radius 2 is 2.38 bits per heavy atom. The first kappa shape index (κ1) is 11.2. The summed E-state index contributed by atoms with van der Waals surface area (Å²) < 4.78 is 0. The molecule has 0 spiro atoms. The molecule has 1 aromatic heterocycles. The summed E-state index contributed by atoms with van der Waals surface area (Å²) in [6.07, 6.45) is 0.240. The number of likely N-dealkylation sites (N-methyl/N-ethyl adjacent to an activating group) is 1. The molecule has 6 heteroatoms. The van der Waals surface area contributed by atoms with Crippen molar-refractivity contribution in [2.45, 2.75) is 25.4 Å². The summed E-state index contributed by atoms with van der Waals surface area (Å²) in [4.78, 5) is 28.3. The lowest BCUT2D eigenvalue weighted by Crippen LogP contribution is -2.38. The topological polar surface area (TPSA) is 62.3 Å². The monoisotopic (exact) mass is 239 g/mol. The van der Waals surface area contributed by atoms with E-state index >= 15 is 0 Å². The fourth-order valence-corrected chi connectivity index (χ4v) is 2.36. The van der Waals surface area contributed by atoms with Crippen LogP contribution in [0.15, 0.2) is 10.9 Å². The number of carbonyl (C=O) groups is 2. The van der Waals surface area contributed by atoms with Crippen LogP contribution in [-0.2, 0) is 9.59 Å². The molecule has 1 aliphatic heterocycles. The summed E-state index contributed by atoms with van der Waals surface area (Å²) in [5, 5.41) is 5.06. The Kier molecular flexibility index (Phi) is 3.02. The minimum absolute atomic E-state index is 0.0144. The van der Waals surface area contributed by atoms with Crippen molar-refractivity contribution in [1.29, 1.82) is 0 Å². The molecule has 1 aromatic rings. The number of rotatable bonds is 3. The predicted octanol–water partition coefficient (Wildman–Crippen LogP) is 0.551. The summed E-state index contributed by atoms with van der Waals surface area (Å²) in [5.74, 6) is -0.292. The average Bonchev–Trinajstić information content (AvgIpc) is 2.85. The third-order valence-electron chi connectivity index (χ3n) is 2.73. The number of thiazole rings is 1. The molecule has 1 aliphatic rings. The van der Waals surface area contributed by atoms with Gasteiger partial charge in [0.25, 0.3) is 0 Å². The van der Waals surface area contributed by atoms with Crippen LogP contribution in [0.2, 0.25) is 0 Å². The number of hydrogen-bond donors (Lipinski definition) is 1. The number of nitrogens with zero attached hydrogens (tertiary/aromatic N) is 2. The van der Waals surface area contributed by atoms with Gasteiger partial charge in [0.05, 0.1) is 23.7 Å². The number of nitrogens with one attached hydrogen (secondary N) is 1. The molecule has 1 fully saturated rings. The van der Waals surface area contributed by atoms with E-state index in [-0.39, 0.29) is 24.3 Å². The predicted molar refractivity (Wildman–Crippen MR) is 59.8 cm³/mol. The Morgan fingerprint density at radius 3 is 2.88 bits per heavy atom. The molecule has 0 aromatic carbocycles. The number of likely N-dealkylation sites (tertiary alicyclic amines) is 1. The third-order valence-corrected chi connectivity index (χ3v) is 3.33. The van der Waals surface area contributed by atoms with Crippen molar-refractivity contribution < 1.29 is 9.59 Å². The minimum atomic E-state index is -0.408. The van der Waals surface area contributed by atoms with Gasteiger partial charge in [-0.25, -0.2) is 4.98 Å². The first-order valence-corrected chi connectivity index (χ1v) is 5.98. The standard InChI is InChI=1S/C10H13N3O2S/c1-6(8-4-16-5-11-8)12-7-3-9(14)13(2)10(7)15/h4-7,12H,3H2,1-2H3. The summed E-state index contributed by atoms with van der Waals surface area (Å²) in [6.45, 7) is 1.94. The van der Waals surface area contributed by atoms with Gasteiger partial charge in [-0.3, -0.25) is 19.8 Å². The second-order valence-corrected chi connectivity index (χ2v) is 4.57. The number of hydrogen-bond acceptors (Lipinski definition) is 5. The highest BCUT2D eigenvalue weighted by molar-refractivity contribution is 7.07. The molecule has 2 heterocycles. The molecule has 0 aliphatic carbocycles. The van der Waals surface area contributed by atoms with Gasteiger partial charge in [0.15, 0.2) is 0 Å². The summed E-state index contributed by atoms with van der Waals surface area (Å²) in [7, 11) is 1.51. The van der Waals surface area contributed by atoms with Crippen LogP contribution in [0, 0.1) is 0 Å². The van der Waals surface area contributed by atoms with E-state index in [0.717, 1.165) is 5.69 Å². The van der Waals surface area contributed by atoms with Gasteiger partial charge in [-0.05, 0) is 6.92 Å². The molecule has 2 amide bonds. The minimum Gasteiger partial charge on any atom is -0.297 e. The first-order valence-electron chi connectivity index (χ1n) is 5.04. The largest absolute Gasteiger partial charge is 0.297 e. The smallest absolute Gasteiger partial charge is 0.246 e. The van der Waals surface area contributed by atoms with Gasteiger partial charge in [-0.2, -0.15) is 0 Å². The Hall–Kier alpha value is -1.27. The van der Waals surface area contributed by atoms with Crippen LogP contribution in [-0.4, -0.2) is 34.8 Å². The van der Waals surface area contributed by atoms with Crippen molar-refractivity contribution in [2.75, 3.05) is 7.05 Å². The number of imide groups is 1. The Morgan fingerprint density at radius 1 is 1.62 bits per heavy atom. The zero-order valence-electron chi connectivity index (χ0n) is 9.14. The molecule has 86 valence electrons. The van der Waals surface area contributed by atoms with Crippen LogP contribution >= 0.6 is 11.3 Å².